The molecule has 0 spiro atoms. The van der Waals surface area contributed by atoms with Gasteiger partial charge in [-0.05, 0) is 5.25 Å². The van der Waals surface area contributed by atoms with E-state index in [1.54, 1.807) is 0 Å². The summed E-state index contributed by atoms with van der Waals surface area (Å²) >= 11 is 2.69. The number of aliphatic carboxylic acids is 1. The fourth-order valence-corrected chi connectivity index (χ4v) is 7.09. The summed E-state index contributed by atoms with van der Waals surface area (Å²) in [5.41, 5.74) is 0. The van der Waals surface area contributed by atoms with Crippen LogP contribution in [0.2, 0.25) is 0 Å². The molecular formula is C20H32N2O6S4. The van der Waals surface area contributed by atoms with Gasteiger partial charge in [0, 0.05) is 42.2 Å². The number of thioether (sulfide) groups is 2. The topological polar surface area (TPSA) is 121 Å². The molecule has 32 heavy (non-hydrogen) atoms. The van der Waals surface area contributed by atoms with Gasteiger partial charge in [0.15, 0.2) is 0 Å². The van der Waals surface area contributed by atoms with Gasteiger partial charge in [-0.15, -0.1) is 23.5 Å². The smallest absolute Gasteiger partial charge is 0.373 e. The number of amides is 3. The summed E-state index contributed by atoms with van der Waals surface area (Å²) in [6.45, 7) is 10.5. The number of carbonyl (C=O) groups excluding carboxylic acids is 4. The molecule has 1 heterocycles. The number of carboxylic acids is 1. The minimum absolute atomic E-state index is 0.0276. The van der Waals surface area contributed by atoms with Crippen LogP contribution in [-0.2, 0) is 24.0 Å². The molecule has 0 radical (unpaired) electrons. The van der Waals surface area contributed by atoms with Crippen LogP contribution in [0, 0.1) is 0 Å². The highest BCUT2D eigenvalue weighted by molar-refractivity contribution is 8.76. The Morgan fingerprint density at radius 3 is 2.34 bits per heavy atom. The van der Waals surface area contributed by atoms with Crippen molar-refractivity contribution in [3.8, 4) is 0 Å². The molecule has 2 unspecified atom stereocenters. The molecule has 0 bridgehead atoms. The number of imide groups is 1. The quantitative estimate of drug-likeness (QED) is 0.152. The van der Waals surface area contributed by atoms with Gasteiger partial charge >= 0.3 is 5.97 Å². The first-order valence-corrected chi connectivity index (χ1v) is 14.6. The van der Waals surface area contributed by atoms with Crippen molar-refractivity contribution < 1.29 is 29.1 Å². The Balaban J connectivity index is 2.26. The van der Waals surface area contributed by atoms with Crippen LogP contribution in [0.3, 0.4) is 0 Å². The number of Topliss-reactive ketones (excluding diaryl/α,β-unsaturated/α-hetero) is 1. The molecule has 12 heteroatoms. The molecule has 1 aliphatic rings. The van der Waals surface area contributed by atoms with Gasteiger partial charge in [-0.2, -0.15) is 0 Å². The van der Waals surface area contributed by atoms with Gasteiger partial charge in [-0.25, -0.2) is 4.79 Å². The number of nitrogens with one attached hydrogen (secondary N) is 1. The predicted octanol–water partition coefficient (Wildman–Crippen LogP) is 2.70. The molecule has 1 fully saturated rings. The van der Waals surface area contributed by atoms with Crippen LogP contribution < -0.4 is 5.32 Å². The molecular weight excluding hydrogens is 492 g/mol. The molecule has 3 amide bonds. The SMILES string of the molecule is CC(C)SC(CC(=O)NCCSSCCN1C(=O)CC(SC(C)(C)C)C1=O)C(=O)C(=O)O. The average Bonchev–Trinajstić information content (AvgIpc) is 2.91. The first-order valence-electron chi connectivity index (χ1n) is 10.3. The van der Waals surface area contributed by atoms with Gasteiger partial charge in [-0.3, -0.25) is 24.1 Å². The van der Waals surface area contributed by atoms with Gasteiger partial charge < -0.3 is 10.4 Å². The van der Waals surface area contributed by atoms with Crippen molar-refractivity contribution in [2.45, 2.75) is 68.0 Å². The summed E-state index contributed by atoms with van der Waals surface area (Å²) in [4.78, 5) is 60.6. The van der Waals surface area contributed by atoms with Crippen LogP contribution in [0.4, 0.5) is 0 Å². The Kier molecular flexibility index (Phi) is 12.5. The van der Waals surface area contributed by atoms with Crippen molar-refractivity contribution in [2.75, 3.05) is 24.6 Å². The van der Waals surface area contributed by atoms with Gasteiger partial charge in [0.25, 0.3) is 5.78 Å². The first-order chi connectivity index (χ1) is 14.8. The number of hydrogen-bond donors (Lipinski definition) is 2. The molecule has 182 valence electrons. The largest absolute Gasteiger partial charge is 0.475 e. The number of carbonyl (C=O) groups is 5. The second kappa shape index (κ2) is 13.8. The normalized spacial score (nSPS) is 17.7. The van der Waals surface area contributed by atoms with E-state index >= 15 is 0 Å². The Hall–Kier alpha value is -0.850. The van der Waals surface area contributed by atoms with E-state index in [0.29, 0.717) is 24.6 Å². The second-order valence-electron chi connectivity index (χ2n) is 8.35. The number of rotatable bonds is 14. The minimum Gasteiger partial charge on any atom is -0.475 e. The maximum atomic E-state index is 12.4. The monoisotopic (exact) mass is 524 g/mol. The molecule has 0 aromatic rings. The number of likely N-dealkylation sites (tertiary alicyclic amines) is 1. The molecule has 0 aromatic heterocycles. The highest BCUT2D eigenvalue weighted by Crippen LogP contribution is 2.34. The van der Waals surface area contributed by atoms with E-state index in [-0.39, 0.29) is 45.8 Å². The molecule has 0 saturated carbocycles. The summed E-state index contributed by atoms with van der Waals surface area (Å²) in [5, 5.41) is 10.4. The zero-order chi connectivity index (χ0) is 24.5. The van der Waals surface area contributed by atoms with Crippen LogP contribution in [0.1, 0.15) is 47.5 Å². The first kappa shape index (κ1) is 29.2. The summed E-state index contributed by atoms with van der Waals surface area (Å²) < 4.78 is -0.0833. The lowest BCUT2D eigenvalue weighted by molar-refractivity contribution is -0.149. The number of ketones is 1. The molecule has 1 aliphatic heterocycles. The van der Waals surface area contributed by atoms with Crippen LogP contribution in [0.15, 0.2) is 0 Å². The lowest BCUT2D eigenvalue weighted by atomic mass is 10.2. The fourth-order valence-electron chi connectivity index (χ4n) is 2.79. The fraction of sp³-hybridized carbons (Fsp3) is 0.750. The highest BCUT2D eigenvalue weighted by atomic mass is 33.1. The van der Waals surface area contributed by atoms with Gasteiger partial charge in [0.2, 0.25) is 17.7 Å². The Morgan fingerprint density at radius 2 is 1.78 bits per heavy atom. The zero-order valence-corrected chi connectivity index (χ0v) is 22.3. The lowest BCUT2D eigenvalue weighted by Gasteiger charge is -2.21. The van der Waals surface area contributed by atoms with Crippen molar-refractivity contribution in [1.29, 1.82) is 0 Å². The van der Waals surface area contributed by atoms with Gasteiger partial charge in [0.05, 0.1) is 10.5 Å². The van der Waals surface area contributed by atoms with Crippen molar-refractivity contribution in [3.05, 3.63) is 0 Å². The third-order valence-corrected chi connectivity index (χ3v) is 9.00. The van der Waals surface area contributed by atoms with E-state index in [1.807, 2.05) is 34.6 Å². The predicted molar refractivity (Wildman–Crippen MR) is 134 cm³/mol. The van der Waals surface area contributed by atoms with Crippen LogP contribution in [-0.4, -0.2) is 84.6 Å². The molecule has 1 saturated heterocycles. The summed E-state index contributed by atoms with van der Waals surface area (Å²) in [7, 11) is 3.03. The molecule has 0 aliphatic carbocycles. The van der Waals surface area contributed by atoms with Crippen molar-refractivity contribution >= 4 is 74.6 Å². The maximum absolute atomic E-state index is 12.4. The summed E-state index contributed by atoms with van der Waals surface area (Å²) in [6, 6.07) is 0. The van der Waals surface area contributed by atoms with E-state index in [9.17, 15) is 24.0 Å². The maximum Gasteiger partial charge on any atom is 0.373 e. The van der Waals surface area contributed by atoms with E-state index in [1.165, 1.54) is 50.0 Å². The molecule has 8 nitrogen and oxygen atoms in total. The van der Waals surface area contributed by atoms with Gasteiger partial charge in [0.1, 0.15) is 0 Å². The molecule has 2 atom stereocenters. The lowest BCUT2D eigenvalue weighted by Crippen LogP contribution is -2.34. The second-order valence-corrected chi connectivity index (χ2v) is 14.9. The number of carboxylic acid groups (broad SMARTS) is 1. The van der Waals surface area contributed by atoms with E-state index in [0.717, 1.165) is 0 Å². The molecule has 2 N–H and O–H groups in total. The molecule has 0 aromatic carbocycles. The molecule has 1 rings (SSSR count). The Labute approximate surface area is 205 Å². The van der Waals surface area contributed by atoms with Crippen molar-refractivity contribution in [1.82, 2.24) is 10.2 Å². The van der Waals surface area contributed by atoms with E-state index in [4.69, 9.17) is 5.11 Å². The van der Waals surface area contributed by atoms with Crippen molar-refractivity contribution in [3.63, 3.8) is 0 Å². The standard InChI is InChI=1S/C20H32N2O6S4/c1-12(2)31-13(17(25)19(27)28)10-15(23)21-6-8-29-30-9-7-22-16(24)11-14(18(22)26)32-20(3,4)5/h12-14H,6-11H2,1-5H3,(H,21,23)(H,27,28). The van der Waals surface area contributed by atoms with Crippen LogP contribution >= 0.6 is 45.1 Å². The number of hydrogen-bond acceptors (Lipinski definition) is 9. The third-order valence-electron chi connectivity index (χ3n) is 4.00. The van der Waals surface area contributed by atoms with E-state index < -0.39 is 17.0 Å². The zero-order valence-electron chi connectivity index (χ0n) is 19.0. The Morgan fingerprint density at radius 1 is 1.16 bits per heavy atom. The third kappa shape index (κ3) is 10.8. The average molecular weight is 525 g/mol. The summed E-state index contributed by atoms with van der Waals surface area (Å²) in [6.07, 6.45) is 0.0871. The highest BCUT2D eigenvalue weighted by Gasteiger charge is 2.40. The Bertz CT molecular complexity index is 711. The summed E-state index contributed by atoms with van der Waals surface area (Å²) in [5.74, 6) is -1.88. The van der Waals surface area contributed by atoms with E-state index in [2.05, 4.69) is 5.32 Å². The van der Waals surface area contributed by atoms with Gasteiger partial charge in [-0.1, -0.05) is 56.2 Å². The van der Waals surface area contributed by atoms with Crippen molar-refractivity contribution in [2.24, 2.45) is 0 Å². The number of nitrogens with zero attached hydrogens (tertiary/aromatic N) is 1. The van der Waals surface area contributed by atoms with Crippen LogP contribution in [0.25, 0.3) is 0 Å². The minimum atomic E-state index is -1.53. The van der Waals surface area contributed by atoms with Crippen LogP contribution in [0.5, 0.6) is 0 Å².